The number of aliphatic hydroxyl groups excluding tert-OH is 1. The van der Waals surface area contributed by atoms with Gasteiger partial charge in [-0.05, 0) is 42.9 Å². The fraction of sp³-hybridized carbons (Fsp3) is 0.350. The van der Waals surface area contributed by atoms with Gasteiger partial charge in [0.05, 0.1) is 13.7 Å². The SMILES string of the molecule is COc1ccccc1C1=C(COc2c[nH]c(=O)cc2CO)CCCC1. The van der Waals surface area contributed by atoms with Crippen molar-refractivity contribution in [3.05, 3.63) is 63.6 Å². The van der Waals surface area contributed by atoms with Crippen molar-refractivity contribution in [3.8, 4) is 11.5 Å². The quantitative estimate of drug-likeness (QED) is 0.846. The maximum Gasteiger partial charge on any atom is 0.248 e. The van der Waals surface area contributed by atoms with E-state index in [9.17, 15) is 9.90 Å². The van der Waals surface area contributed by atoms with Crippen molar-refractivity contribution in [2.45, 2.75) is 32.3 Å². The molecular weight excluding hydrogens is 318 g/mol. The third-order valence-electron chi connectivity index (χ3n) is 4.55. The van der Waals surface area contributed by atoms with Crippen LogP contribution < -0.4 is 15.0 Å². The van der Waals surface area contributed by atoms with Crippen LogP contribution in [-0.4, -0.2) is 23.8 Å². The van der Waals surface area contributed by atoms with Crippen LogP contribution in [0.5, 0.6) is 11.5 Å². The molecule has 3 rings (SSSR count). The molecule has 1 aliphatic rings. The number of H-pyrrole nitrogens is 1. The summed E-state index contributed by atoms with van der Waals surface area (Å²) in [5, 5.41) is 9.42. The summed E-state index contributed by atoms with van der Waals surface area (Å²) in [4.78, 5) is 14.0. The number of ether oxygens (including phenoxy) is 2. The molecule has 0 atom stereocenters. The largest absolute Gasteiger partial charge is 0.496 e. The summed E-state index contributed by atoms with van der Waals surface area (Å²) < 4.78 is 11.4. The van der Waals surface area contributed by atoms with Crippen LogP contribution in [0, 0.1) is 0 Å². The fourth-order valence-corrected chi connectivity index (χ4v) is 3.27. The van der Waals surface area contributed by atoms with Crippen molar-refractivity contribution in [1.29, 1.82) is 0 Å². The number of methoxy groups -OCH3 is 1. The van der Waals surface area contributed by atoms with E-state index in [-0.39, 0.29) is 12.2 Å². The zero-order valence-electron chi connectivity index (χ0n) is 14.4. The van der Waals surface area contributed by atoms with Crippen molar-refractivity contribution in [2.75, 3.05) is 13.7 Å². The highest BCUT2D eigenvalue weighted by molar-refractivity contribution is 5.74. The van der Waals surface area contributed by atoms with Crippen LogP contribution in [0.2, 0.25) is 0 Å². The second kappa shape index (κ2) is 8.03. The summed E-state index contributed by atoms with van der Waals surface area (Å²) in [6, 6.07) is 9.41. The molecule has 132 valence electrons. The van der Waals surface area contributed by atoms with Gasteiger partial charge >= 0.3 is 0 Å². The molecule has 25 heavy (non-hydrogen) atoms. The molecule has 2 N–H and O–H groups in total. The van der Waals surface area contributed by atoms with E-state index in [2.05, 4.69) is 11.1 Å². The fourth-order valence-electron chi connectivity index (χ4n) is 3.27. The van der Waals surface area contributed by atoms with Crippen LogP contribution in [0.25, 0.3) is 5.57 Å². The number of aliphatic hydroxyl groups is 1. The summed E-state index contributed by atoms with van der Waals surface area (Å²) in [6.45, 7) is 0.212. The van der Waals surface area contributed by atoms with Gasteiger partial charge in [-0.1, -0.05) is 18.2 Å². The molecule has 0 saturated heterocycles. The van der Waals surface area contributed by atoms with Crippen molar-refractivity contribution in [3.63, 3.8) is 0 Å². The Hall–Kier alpha value is -2.53. The summed E-state index contributed by atoms with van der Waals surface area (Å²) in [5.41, 5.74) is 3.89. The molecular formula is C20H23NO4. The van der Waals surface area contributed by atoms with Gasteiger partial charge in [0.15, 0.2) is 0 Å². The molecule has 5 nitrogen and oxygen atoms in total. The molecule has 0 spiro atoms. The Kier molecular flexibility index (Phi) is 5.56. The molecule has 2 aromatic rings. The Morgan fingerprint density at radius 1 is 1.16 bits per heavy atom. The van der Waals surface area contributed by atoms with E-state index in [1.54, 1.807) is 7.11 Å². The highest BCUT2D eigenvalue weighted by Crippen LogP contribution is 2.37. The first-order valence-electron chi connectivity index (χ1n) is 8.52. The molecule has 0 fully saturated rings. The van der Waals surface area contributed by atoms with Crippen LogP contribution in [0.15, 0.2) is 46.9 Å². The van der Waals surface area contributed by atoms with E-state index in [4.69, 9.17) is 9.47 Å². The van der Waals surface area contributed by atoms with Gasteiger partial charge in [0, 0.05) is 23.4 Å². The van der Waals surface area contributed by atoms with E-state index < -0.39 is 0 Å². The van der Waals surface area contributed by atoms with Crippen molar-refractivity contribution < 1.29 is 14.6 Å². The number of para-hydroxylation sites is 1. The van der Waals surface area contributed by atoms with Crippen molar-refractivity contribution >= 4 is 5.57 Å². The van der Waals surface area contributed by atoms with Gasteiger partial charge in [-0.2, -0.15) is 0 Å². The summed E-state index contributed by atoms with van der Waals surface area (Å²) >= 11 is 0. The topological polar surface area (TPSA) is 71.5 Å². The zero-order valence-corrected chi connectivity index (χ0v) is 14.4. The minimum Gasteiger partial charge on any atom is -0.496 e. The number of hydrogen-bond acceptors (Lipinski definition) is 4. The van der Waals surface area contributed by atoms with E-state index in [0.29, 0.717) is 17.9 Å². The van der Waals surface area contributed by atoms with Gasteiger partial charge in [0.1, 0.15) is 18.1 Å². The average molecular weight is 341 g/mol. The van der Waals surface area contributed by atoms with E-state index in [0.717, 1.165) is 37.0 Å². The second-order valence-corrected chi connectivity index (χ2v) is 6.12. The second-order valence-electron chi connectivity index (χ2n) is 6.12. The van der Waals surface area contributed by atoms with Gasteiger partial charge in [-0.15, -0.1) is 0 Å². The van der Waals surface area contributed by atoms with E-state index in [1.165, 1.54) is 23.4 Å². The Labute approximate surface area is 146 Å². The minimum atomic E-state index is -0.247. The van der Waals surface area contributed by atoms with Gasteiger partial charge < -0.3 is 19.6 Å². The minimum absolute atomic E-state index is 0.225. The molecule has 0 saturated carbocycles. The molecule has 0 aliphatic heterocycles. The zero-order chi connectivity index (χ0) is 17.6. The van der Waals surface area contributed by atoms with Gasteiger partial charge in [-0.3, -0.25) is 4.79 Å². The van der Waals surface area contributed by atoms with Crippen molar-refractivity contribution in [1.82, 2.24) is 4.98 Å². The number of hydrogen-bond donors (Lipinski definition) is 2. The number of pyridine rings is 1. The summed E-state index contributed by atoms with van der Waals surface area (Å²) in [7, 11) is 1.69. The Balaban J connectivity index is 1.88. The maximum absolute atomic E-state index is 11.4. The first kappa shape index (κ1) is 17.3. The molecule has 0 unspecified atom stereocenters. The lowest BCUT2D eigenvalue weighted by Gasteiger charge is -2.23. The Bertz CT molecular complexity index is 822. The highest BCUT2D eigenvalue weighted by atomic mass is 16.5. The first-order chi connectivity index (χ1) is 12.2. The molecule has 0 bridgehead atoms. The van der Waals surface area contributed by atoms with E-state index >= 15 is 0 Å². The average Bonchev–Trinajstić information content (AvgIpc) is 2.67. The Morgan fingerprint density at radius 2 is 1.96 bits per heavy atom. The van der Waals surface area contributed by atoms with Crippen LogP contribution >= 0.6 is 0 Å². The maximum atomic E-state index is 11.4. The first-order valence-corrected chi connectivity index (χ1v) is 8.52. The number of allylic oxidation sites excluding steroid dienone is 1. The van der Waals surface area contributed by atoms with Crippen LogP contribution in [0.1, 0.15) is 36.8 Å². The Morgan fingerprint density at radius 3 is 2.76 bits per heavy atom. The third-order valence-corrected chi connectivity index (χ3v) is 4.55. The van der Waals surface area contributed by atoms with Gasteiger partial charge in [0.2, 0.25) is 5.56 Å². The number of benzene rings is 1. The number of rotatable bonds is 6. The van der Waals surface area contributed by atoms with Gasteiger partial charge in [0.25, 0.3) is 0 Å². The third kappa shape index (κ3) is 3.94. The number of aromatic amines is 1. The summed E-state index contributed by atoms with van der Waals surface area (Å²) in [5.74, 6) is 1.39. The van der Waals surface area contributed by atoms with Crippen LogP contribution in [0.3, 0.4) is 0 Å². The summed E-state index contributed by atoms with van der Waals surface area (Å²) in [6.07, 6.45) is 5.77. The highest BCUT2D eigenvalue weighted by Gasteiger charge is 2.18. The molecule has 1 aromatic heterocycles. The van der Waals surface area contributed by atoms with Gasteiger partial charge in [-0.25, -0.2) is 0 Å². The lowest BCUT2D eigenvalue weighted by molar-refractivity contribution is 0.267. The predicted molar refractivity (Wildman–Crippen MR) is 96.9 cm³/mol. The van der Waals surface area contributed by atoms with E-state index in [1.807, 2.05) is 18.2 Å². The number of aromatic nitrogens is 1. The molecule has 1 aromatic carbocycles. The lowest BCUT2D eigenvalue weighted by Crippen LogP contribution is -2.12. The molecule has 1 heterocycles. The smallest absolute Gasteiger partial charge is 0.248 e. The number of nitrogens with one attached hydrogen (secondary N) is 1. The molecule has 0 radical (unpaired) electrons. The molecule has 5 heteroatoms. The standard InChI is InChI=1S/C20H23NO4/c1-24-18-9-5-4-8-17(18)16-7-3-2-6-14(16)13-25-19-11-21-20(23)10-15(19)12-22/h4-5,8-11,22H,2-3,6-7,12-13H2,1H3,(H,21,23). The lowest BCUT2D eigenvalue weighted by atomic mass is 9.87. The molecule has 0 amide bonds. The monoisotopic (exact) mass is 341 g/mol. The predicted octanol–water partition coefficient (Wildman–Crippen LogP) is 3.28. The molecule has 1 aliphatic carbocycles. The van der Waals surface area contributed by atoms with Crippen molar-refractivity contribution in [2.24, 2.45) is 0 Å². The normalized spacial score (nSPS) is 14.5. The van der Waals surface area contributed by atoms with Crippen LogP contribution in [0.4, 0.5) is 0 Å². The van der Waals surface area contributed by atoms with Crippen LogP contribution in [-0.2, 0) is 6.61 Å².